The van der Waals surface area contributed by atoms with Gasteiger partial charge in [-0.1, -0.05) is 0 Å². The van der Waals surface area contributed by atoms with E-state index in [0.29, 0.717) is 11.3 Å². The van der Waals surface area contributed by atoms with Gasteiger partial charge in [0.15, 0.2) is 6.61 Å². The minimum Gasteiger partial charge on any atom is -0.484 e. The molecule has 0 radical (unpaired) electrons. The predicted octanol–water partition coefficient (Wildman–Crippen LogP) is 1.59. The Labute approximate surface area is 132 Å². The average molecular weight is 328 g/mol. The zero-order valence-corrected chi connectivity index (χ0v) is 14.5. The Kier molecular flexibility index (Phi) is 6.37. The molecule has 22 heavy (non-hydrogen) atoms. The number of nitrogens with one attached hydrogen (secondary N) is 2. The second-order valence-corrected chi connectivity index (χ2v) is 7.43. The highest BCUT2D eigenvalue weighted by Gasteiger charge is 2.16. The van der Waals surface area contributed by atoms with Crippen molar-refractivity contribution in [3.8, 4) is 5.75 Å². The van der Waals surface area contributed by atoms with Crippen molar-refractivity contribution in [2.24, 2.45) is 0 Å². The van der Waals surface area contributed by atoms with Crippen LogP contribution in [0.1, 0.15) is 33.3 Å². The minimum atomic E-state index is -3.53. The Morgan fingerprint density at radius 1 is 1.18 bits per heavy atom. The number of hydrogen-bond donors (Lipinski definition) is 2. The van der Waals surface area contributed by atoms with Gasteiger partial charge in [0.2, 0.25) is 10.0 Å². The summed E-state index contributed by atoms with van der Waals surface area (Å²) in [5, 5.41) is 2.72. The van der Waals surface area contributed by atoms with E-state index < -0.39 is 10.0 Å². The number of ether oxygens (including phenoxy) is 1. The van der Waals surface area contributed by atoms with Crippen LogP contribution in [-0.4, -0.2) is 33.0 Å². The van der Waals surface area contributed by atoms with Gasteiger partial charge in [-0.05, 0) is 58.4 Å². The molecule has 1 aromatic carbocycles. The van der Waals surface area contributed by atoms with E-state index in [9.17, 15) is 13.2 Å². The lowest BCUT2D eigenvalue weighted by molar-refractivity contribution is -0.123. The molecule has 0 saturated carbocycles. The number of aryl methyl sites for hydroxylation is 1. The second kappa shape index (κ2) is 7.60. The molecule has 2 N–H and O–H groups in total. The third-order valence-electron chi connectivity index (χ3n) is 2.66. The van der Waals surface area contributed by atoms with Gasteiger partial charge >= 0.3 is 0 Å². The van der Waals surface area contributed by atoms with Gasteiger partial charge in [-0.2, -0.15) is 0 Å². The SMILES string of the molecule is Cc1cc(S(=O)(=O)NC(C)C)ccc1OCC(=O)NC(C)C. The molecular weight excluding hydrogens is 304 g/mol. The summed E-state index contributed by atoms with van der Waals surface area (Å²) >= 11 is 0. The van der Waals surface area contributed by atoms with E-state index in [1.54, 1.807) is 26.8 Å². The molecule has 0 atom stereocenters. The van der Waals surface area contributed by atoms with E-state index in [2.05, 4.69) is 10.0 Å². The normalized spacial score (nSPS) is 11.8. The van der Waals surface area contributed by atoms with Crippen molar-refractivity contribution in [1.82, 2.24) is 10.0 Å². The molecule has 0 fully saturated rings. The first-order valence-electron chi connectivity index (χ1n) is 7.17. The number of carbonyl (C=O) groups is 1. The maximum absolute atomic E-state index is 12.1. The Morgan fingerprint density at radius 3 is 2.32 bits per heavy atom. The van der Waals surface area contributed by atoms with Crippen LogP contribution in [0.25, 0.3) is 0 Å². The molecule has 1 amide bonds. The predicted molar refractivity (Wildman–Crippen MR) is 85.4 cm³/mol. The van der Waals surface area contributed by atoms with Crippen LogP contribution >= 0.6 is 0 Å². The lowest BCUT2D eigenvalue weighted by Gasteiger charge is -2.13. The molecular formula is C15H24N2O4S. The zero-order chi connectivity index (χ0) is 16.9. The molecule has 0 heterocycles. The first kappa shape index (κ1) is 18.4. The summed E-state index contributed by atoms with van der Waals surface area (Å²) in [6, 6.07) is 4.42. The van der Waals surface area contributed by atoms with Gasteiger partial charge in [0, 0.05) is 12.1 Å². The molecule has 0 aliphatic carbocycles. The minimum absolute atomic E-state index is 0.0480. The van der Waals surface area contributed by atoms with E-state index in [0.717, 1.165) is 0 Å². The lowest BCUT2D eigenvalue weighted by atomic mass is 10.2. The fraction of sp³-hybridized carbons (Fsp3) is 0.533. The summed E-state index contributed by atoms with van der Waals surface area (Å²) in [5.41, 5.74) is 0.656. The molecule has 7 heteroatoms. The van der Waals surface area contributed by atoms with Gasteiger partial charge in [-0.15, -0.1) is 0 Å². The van der Waals surface area contributed by atoms with Crippen molar-refractivity contribution in [3.63, 3.8) is 0 Å². The monoisotopic (exact) mass is 328 g/mol. The molecule has 0 saturated heterocycles. The Hall–Kier alpha value is -1.60. The lowest BCUT2D eigenvalue weighted by Crippen LogP contribution is -2.34. The molecule has 1 rings (SSSR count). The summed E-state index contributed by atoms with van der Waals surface area (Å²) in [5.74, 6) is 0.273. The maximum Gasteiger partial charge on any atom is 0.258 e. The maximum atomic E-state index is 12.1. The number of benzene rings is 1. The largest absolute Gasteiger partial charge is 0.484 e. The number of hydrogen-bond acceptors (Lipinski definition) is 4. The molecule has 124 valence electrons. The summed E-state index contributed by atoms with van der Waals surface area (Å²) in [7, 11) is -3.53. The van der Waals surface area contributed by atoms with Crippen molar-refractivity contribution < 1.29 is 17.9 Å². The fourth-order valence-electron chi connectivity index (χ4n) is 1.84. The highest BCUT2D eigenvalue weighted by Crippen LogP contribution is 2.21. The summed E-state index contributed by atoms with van der Waals surface area (Å²) in [4.78, 5) is 11.7. The second-order valence-electron chi connectivity index (χ2n) is 5.71. The van der Waals surface area contributed by atoms with E-state index in [1.165, 1.54) is 12.1 Å². The first-order chi connectivity index (χ1) is 10.1. The molecule has 0 spiro atoms. The standard InChI is InChI=1S/C15H24N2O4S/c1-10(2)16-15(18)9-21-14-7-6-13(8-12(14)5)22(19,20)17-11(3)4/h6-8,10-11,17H,9H2,1-5H3,(H,16,18). The number of rotatable bonds is 7. The molecule has 0 aliphatic heterocycles. The highest BCUT2D eigenvalue weighted by molar-refractivity contribution is 7.89. The van der Waals surface area contributed by atoms with Crippen LogP contribution in [0.4, 0.5) is 0 Å². The molecule has 6 nitrogen and oxygen atoms in total. The van der Waals surface area contributed by atoms with Crippen molar-refractivity contribution in [3.05, 3.63) is 23.8 Å². The molecule has 0 aliphatic rings. The van der Waals surface area contributed by atoms with Crippen LogP contribution in [0.5, 0.6) is 5.75 Å². The first-order valence-corrected chi connectivity index (χ1v) is 8.65. The summed E-state index contributed by atoms with van der Waals surface area (Å²) in [6.07, 6.45) is 0. The van der Waals surface area contributed by atoms with Gasteiger partial charge in [0.25, 0.3) is 5.91 Å². The molecule has 0 bridgehead atoms. The average Bonchev–Trinajstić information content (AvgIpc) is 2.34. The van der Waals surface area contributed by atoms with E-state index in [1.807, 2.05) is 13.8 Å². The van der Waals surface area contributed by atoms with Crippen LogP contribution in [-0.2, 0) is 14.8 Å². The smallest absolute Gasteiger partial charge is 0.258 e. The van der Waals surface area contributed by atoms with Crippen molar-refractivity contribution >= 4 is 15.9 Å². The highest BCUT2D eigenvalue weighted by atomic mass is 32.2. The van der Waals surface area contributed by atoms with Crippen molar-refractivity contribution in [1.29, 1.82) is 0 Å². The van der Waals surface area contributed by atoms with Crippen LogP contribution in [0.2, 0.25) is 0 Å². The number of carbonyl (C=O) groups excluding carboxylic acids is 1. The van der Waals surface area contributed by atoms with Gasteiger partial charge in [-0.25, -0.2) is 13.1 Å². The Bertz CT molecular complexity index is 624. The van der Waals surface area contributed by atoms with Gasteiger partial charge in [-0.3, -0.25) is 4.79 Å². The van der Waals surface area contributed by atoms with Crippen molar-refractivity contribution in [2.45, 2.75) is 51.6 Å². The topological polar surface area (TPSA) is 84.5 Å². The Balaban J connectivity index is 2.80. The quantitative estimate of drug-likeness (QED) is 0.796. The van der Waals surface area contributed by atoms with Crippen LogP contribution < -0.4 is 14.8 Å². The molecule has 0 unspecified atom stereocenters. The third-order valence-corrected chi connectivity index (χ3v) is 4.31. The van der Waals surface area contributed by atoms with E-state index >= 15 is 0 Å². The summed E-state index contributed by atoms with van der Waals surface area (Å²) < 4.78 is 32.1. The molecule has 1 aromatic rings. The van der Waals surface area contributed by atoms with Gasteiger partial charge in [0.1, 0.15) is 5.75 Å². The van der Waals surface area contributed by atoms with Crippen molar-refractivity contribution in [2.75, 3.05) is 6.61 Å². The van der Waals surface area contributed by atoms with Gasteiger partial charge < -0.3 is 10.1 Å². The fourth-order valence-corrected chi connectivity index (χ4v) is 3.17. The molecule has 0 aromatic heterocycles. The number of amides is 1. The zero-order valence-electron chi connectivity index (χ0n) is 13.6. The van der Waals surface area contributed by atoms with E-state index in [-0.39, 0.29) is 29.5 Å². The van der Waals surface area contributed by atoms with Crippen LogP contribution in [0.15, 0.2) is 23.1 Å². The number of sulfonamides is 1. The van der Waals surface area contributed by atoms with Gasteiger partial charge in [0.05, 0.1) is 4.90 Å². The van der Waals surface area contributed by atoms with Crippen LogP contribution in [0, 0.1) is 6.92 Å². The van der Waals surface area contributed by atoms with Crippen LogP contribution in [0.3, 0.4) is 0 Å². The Morgan fingerprint density at radius 2 is 1.82 bits per heavy atom. The summed E-state index contributed by atoms with van der Waals surface area (Å²) in [6.45, 7) is 8.89. The van der Waals surface area contributed by atoms with E-state index in [4.69, 9.17) is 4.74 Å². The third kappa shape index (κ3) is 5.65.